The highest BCUT2D eigenvalue weighted by molar-refractivity contribution is 5.25. The summed E-state index contributed by atoms with van der Waals surface area (Å²) in [5.41, 5.74) is 5.68. The van der Waals surface area contributed by atoms with Crippen LogP contribution in [-0.2, 0) is 6.42 Å². The molecule has 1 aromatic rings. The molecule has 2 nitrogen and oxygen atoms in total. The number of aryl methyl sites for hydroxylation is 1. The van der Waals surface area contributed by atoms with Gasteiger partial charge in [-0.2, -0.15) is 0 Å². The second-order valence-electron chi connectivity index (χ2n) is 4.94. The van der Waals surface area contributed by atoms with Crippen molar-refractivity contribution >= 4 is 0 Å². The number of benzene rings is 1. The molecule has 2 heteroatoms. The molecule has 0 heterocycles. The van der Waals surface area contributed by atoms with Gasteiger partial charge in [-0.05, 0) is 42.2 Å². The van der Waals surface area contributed by atoms with Gasteiger partial charge < -0.3 is 0 Å². The highest BCUT2D eigenvalue weighted by Crippen LogP contribution is 2.42. The van der Waals surface area contributed by atoms with Crippen LogP contribution in [0.25, 0.3) is 0 Å². The predicted octanol–water partition coefficient (Wildman–Crippen LogP) is 2.80. The molecule has 1 aromatic carbocycles. The molecule has 0 aliphatic heterocycles. The average Bonchev–Trinajstić information content (AvgIpc) is 3.14. The third kappa shape index (κ3) is 2.45. The number of rotatable bonds is 5. The van der Waals surface area contributed by atoms with Crippen molar-refractivity contribution in [3.8, 4) is 0 Å². The molecule has 0 saturated heterocycles. The van der Waals surface area contributed by atoms with Crippen LogP contribution in [0.3, 0.4) is 0 Å². The van der Waals surface area contributed by atoms with Crippen molar-refractivity contribution in [1.29, 1.82) is 0 Å². The highest BCUT2D eigenvalue weighted by Gasteiger charge is 2.33. The molecule has 0 radical (unpaired) electrons. The predicted molar refractivity (Wildman–Crippen MR) is 67.8 cm³/mol. The molecule has 88 valence electrons. The van der Waals surface area contributed by atoms with Crippen LogP contribution >= 0.6 is 0 Å². The van der Waals surface area contributed by atoms with Gasteiger partial charge in [-0.3, -0.25) is 11.3 Å². The van der Waals surface area contributed by atoms with Crippen LogP contribution in [0.15, 0.2) is 24.3 Å². The van der Waals surface area contributed by atoms with E-state index in [4.69, 9.17) is 5.84 Å². The third-order valence-electron chi connectivity index (χ3n) is 3.82. The zero-order chi connectivity index (χ0) is 11.5. The first-order valence-electron chi connectivity index (χ1n) is 6.31. The third-order valence-corrected chi connectivity index (χ3v) is 3.82. The number of hydrogen-bond donors (Lipinski definition) is 2. The standard InChI is InChI=1S/C14H22N2/c1-3-11-4-6-13(7-5-11)14(16-15)10(2)12-8-9-12/h4-7,10,12,14,16H,3,8-9,15H2,1-2H3. The Balaban J connectivity index is 2.12. The van der Waals surface area contributed by atoms with Gasteiger partial charge >= 0.3 is 0 Å². The molecular weight excluding hydrogens is 196 g/mol. The van der Waals surface area contributed by atoms with Gasteiger partial charge in [0, 0.05) is 6.04 Å². The maximum atomic E-state index is 5.69. The first kappa shape index (κ1) is 11.6. The van der Waals surface area contributed by atoms with Gasteiger partial charge in [0.15, 0.2) is 0 Å². The fraction of sp³-hybridized carbons (Fsp3) is 0.571. The summed E-state index contributed by atoms with van der Waals surface area (Å²) >= 11 is 0. The molecule has 1 aliphatic carbocycles. The summed E-state index contributed by atoms with van der Waals surface area (Å²) in [5.74, 6) is 7.20. The van der Waals surface area contributed by atoms with Crippen molar-refractivity contribution in [1.82, 2.24) is 5.43 Å². The van der Waals surface area contributed by atoms with Crippen LogP contribution in [0.1, 0.15) is 43.9 Å². The minimum atomic E-state index is 0.304. The zero-order valence-corrected chi connectivity index (χ0v) is 10.2. The van der Waals surface area contributed by atoms with Gasteiger partial charge in [0.2, 0.25) is 0 Å². The van der Waals surface area contributed by atoms with E-state index in [0.717, 1.165) is 12.3 Å². The van der Waals surface area contributed by atoms with Gasteiger partial charge in [0.25, 0.3) is 0 Å². The Kier molecular flexibility index (Phi) is 3.62. The number of nitrogens with one attached hydrogen (secondary N) is 1. The normalized spacial score (nSPS) is 19.4. The topological polar surface area (TPSA) is 38.0 Å². The van der Waals surface area contributed by atoms with E-state index >= 15 is 0 Å². The average molecular weight is 218 g/mol. The van der Waals surface area contributed by atoms with E-state index in [1.807, 2.05) is 0 Å². The maximum absolute atomic E-state index is 5.69. The smallest absolute Gasteiger partial charge is 0.0488 e. The SMILES string of the molecule is CCc1ccc(C(NN)C(C)C2CC2)cc1. The lowest BCUT2D eigenvalue weighted by Gasteiger charge is -2.23. The fourth-order valence-electron chi connectivity index (χ4n) is 2.41. The lowest BCUT2D eigenvalue weighted by molar-refractivity contribution is 0.354. The van der Waals surface area contributed by atoms with Gasteiger partial charge in [-0.15, -0.1) is 0 Å². The summed E-state index contributed by atoms with van der Waals surface area (Å²) in [4.78, 5) is 0. The monoisotopic (exact) mass is 218 g/mol. The Hall–Kier alpha value is -0.860. The van der Waals surface area contributed by atoms with Crippen molar-refractivity contribution in [3.05, 3.63) is 35.4 Å². The molecule has 1 fully saturated rings. The minimum absolute atomic E-state index is 0.304. The van der Waals surface area contributed by atoms with E-state index in [1.54, 1.807) is 0 Å². The van der Waals surface area contributed by atoms with Crippen LogP contribution in [0, 0.1) is 11.8 Å². The maximum Gasteiger partial charge on any atom is 0.0488 e. The summed E-state index contributed by atoms with van der Waals surface area (Å²) in [7, 11) is 0. The zero-order valence-electron chi connectivity index (χ0n) is 10.2. The number of hydrazine groups is 1. The summed E-state index contributed by atoms with van der Waals surface area (Å²) in [5, 5.41) is 0. The van der Waals surface area contributed by atoms with Crippen molar-refractivity contribution in [2.45, 2.75) is 39.2 Å². The minimum Gasteiger partial charge on any atom is -0.271 e. The Morgan fingerprint density at radius 2 is 1.94 bits per heavy atom. The molecule has 0 aromatic heterocycles. The van der Waals surface area contributed by atoms with Gasteiger partial charge in [-0.25, -0.2) is 0 Å². The lowest BCUT2D eigenvalue weighted by atomic mass is 9.90. The molecule has 16 heavy (non-hydrogen) atoms. The summed E-state index contributed by atoms with van der Waals surface area (Å²) < 4.78 is 0. The summed E-state index contributed by atoms with van der Waals surface area (Å²) in [6.45, 7) is 4.48. The first-order chi connectivity index (χ1) is 7.76. The Bertz CT molecular complexity index is 327. The van der Waals surface area contributed by atoms with Gasteiger partial charge in [0.05, 0.1) is 0 Å². The molecule has 0 bridgehead atoms. The second-order valence-corrected chi connectivity index (χ2v) is 4.94. The quantitative estimate of drug-likeness (QED) is 0.589. The molecule has 2 unspecified atom stereocenters. The Labute approximate surface area is 98.2 Å². The summed E-state index contributed by atoms with van der Waals surface area (Å²) in [6.07, 6.45) is 3.83. The van der Waals surface area contributed by atoms with Crippen molar-refractivity contribution in [2.24, 2.45) is 17.7 Å². The first-order valence-corrected chi connectivity index (χ1v) is 6.31. The van der Waals surface area contributed by atoms with Crippen molar-refractivity contribution < 1.29 is 0 Å². The fourth-order valence-corrected chi connectivity index (χ4v) is 2.41. The van der Waals surface area contributed by atoms with Crippen LogP contribution in [0.2, 0.25) is 0 Å². The van der Waals surface area contributed by atoms with Crippen molar-refractivity contribution in [2.75, 3.05) is 0 Å². The Morgan fingerprint density at radius 3 is 2.38 bits per heavy atom. The molecule has 1 saturated carbocycles. The van der Waals surface area contributed by atoms with Crippen LogP contribution in [0.4, 0.5) is 0 Å². The number of hydrogen-bond acceptors (Lipinski definition) is 2. The van der Waals surface area contributed by atoms with E-state index in [9.17, 15) is 0 Å². The van der Waals surface area contributed by atoms with Crippen LogP contribution in [0.5, 0.6) is 0 Å². The molecule has 2 atom stereocenters. The van der Waals surface area contributed by atoms with Crippen LogP contribution < -0.4 is 11.3 Å². The second kappa shape index (κ2) is 4.98. The highest BCUT2D eigenvalue weighted by atomic mass is 15.2. The van der Waals surface area contributed by atoms with E-state index in [2.05, 4.69) is 43.5 Å². The molecular formula is C14H22N2. The molecule has 2 rings (SSSR count). The van der Waals surface area contributed by atoms with Gasteiger partial charge in [0.1, 0.15) is 0 Å². The summed E-state index contributed by atoms with van der Waals surface area (Å²) in [6, 6.07) is 9.14. The van der Waals surface area contributed by atoms with E-state index in [0.29, 0.717) is 12.0 Å². The molecule has 0 amide bonds. The van der Waals surface area contributed by atoms with Gasteiger partial charge in [-0.1, -0.05) is 38.1 Å². The largest absolute Gasteiger partial charge is 0.271 e. The van der Waals surface area contributed by atoms with E-state index in [-0.39, 0.29) is 0 Å². The van der Waals surface area contributed by atoms with Crippen molar-refractivity contribution in [3.63, 3.8) is 0 Å². The molecule has 3 N–H and O–H groups in total. The van der Waals surface area contributed by atoms with E-state index < -0.39 is 0 Å². The van der Waals surface area contributed by atoms with Crippen LogP contribution in [-0.4, -0.2) is 0 Å². The molecule has 0 spiro atoms. The molecule has 1 aliphatic rings. The number of nitrogens with two attached hydrogens (primary N) is 1. The Morgan fingerprint density at radius 1 is 1.31 bits per heavy atom. The lowest BCUT2D eigenvalue weighted by Crippen LogP contribution is -2.33. The van der Waals surface area contributed by atoms with E-state index in [1.165, 1.54) is 24.0 Å².